The molecule has 0 saturated carbocycles. The first-order valence-electron chi connectivity index (χ1n) is 6.05. The van der Waals surface area contributed by atoms with Crippen molar-refractivity contribution in [3.63, 3.8) is 0 Å². The highest BCUT2D eigenvalue weighted by atomic mass is 15.1. The lowest BCUT2D eigenvalue weighted by atomic mass is 10.0. The van der Waals surface area contributed by atoms with Gasteiger partial charge in [-0.2, -0.15) is 0 Å². The first kappa shape index (κ1) is 11.2. The normalized spacial score (nSPS) is 20.2. The van der Waals surface area contributed by atoms with Crippen molar-refractivity contribution in [2.45, 2.75) is 45.2 Å². The lowest BCUT2D eigenvalue weighted by Crippen LogP contribution is -2.28. The fourth-order valence-corrected chi connectivity index (χ4v) is 2.21. The Bertz CT molecular complexity index is 377. The van der Waals surface area contributed by atoms with Gasteiger partial charge in [-0.25, -0.2) is 4.98 Å². The summed E-state index contributed by atoms with van der Waals surface area (Å²) in [5.41, 5.74) is 1.32. The molecule has 0 radical (unpaired) electrons. The first-order valence-corrected chi connectivity index (χ1v) is 6.05. The standard InChI is InChI=1S/C13H19N3/c1-2-3-6-9-16-11-14-10-13(16)12-7-4-5-8-15-12/h10-12,15H,4-9H2,1H3. The van der Waals surface area contributed by atoms with E-state index in [1.807, 2.05) is 19.4 Å². The van der Waals surface area contributed by atoms with E-state index in [4.69, 9.17) is 0 Å². The largest absolute Gasteiger partial charge is 0.332 e. The second-order valence-corrected chi connectivity index (χ2v) is 4.19. The molecule has 2 rings (SSSR count). The van der Waals surface area contributed by atoms with Crippen LogP contribution in [0.15, 0.2) is 12.5 Å². The topological polar surface area (TPSA) is 29.9 Å². The third-order valence-electron chi connectivity index (χ3n) is 3.07. The van der Waals surface area contributed by atoms with Crippen molar-refractivity contribution in [3.8, 4) is 11.8 Å². The summed E-state index contributed by atoms with van der Waals surface area (Å²) in [6.07, 6.45) is 8.66. The van der Waals surface area contributed by atoms with Crippen LogP contribution < -0.4 is 5.32 Å². The molecule has 0 amide bonds. The number of aryl methyl sites for hydroxylation is 1. The summed E-state index contributed by atoms with van der Waals surface area (Å²) in [4.78, 5) is 4.25. The fraction of sp³-hybridized carbons (Fsp3) is 0.615. The predicted molar refractivity (Wildman–Crippen MR) is 64.9 cm³/mol. The van der Waals surface area contributed by atoms with E-state index in [9.17, 15) is 0 Å². The van der Waals surface area contributed by atoms with E-state index in [0.29, 0.717) is 6.04 Å². The van der Waals surface area contributed by atoms with Crippen LogP contribution in [0.25, 0.3) is 0 Å². The lowest BCUT2D eigenvalue weighted by molar-refractivity contribution is 0.393. The Morgan fingerprint density at radius 1 is 1.56 bits per heavy atom. The highest BCUT2D eigenvalue weighted by Crippen LogP contribution is 2.22. The molecule has 16 heavy (non-hydrogen) atoms. The molecule has 1 aromatic heterocycles. The van der Waals surface area contributed by atoms with Crippen LogP contribution in [0.5, 0.6) is 0 Å². The Morgan fingerprint density at radius 2 is 2.50 bits per heavy atom. The molecular weight excluding hydrogens is 198 g/mol. The number of nitrogens with zero attached hydrogens (tertiary/aromatic N) is 2. The number of aromatic nitrogens is 2. The van der Waals surface area contributed by atoms with E-state index in [1.165, 1.54) is 25.0 Å². The van der Waals surface area contributed by atoms with Crippen molar-refractivity contribution in [2.75, 3.05) is 6.54 Å². The van der Waals surface area contributed by atoms with Crippen LogP contribution in [0.2, 0.25) is 0 Å². The van der Waals surface area contributed by atoms with Gasteiger partial charge in [0.25, 0.3) is 0 Å². The van der Waals surface area contributed by atoms with Gasteiger partial charge in [-0.15, -0.1) is 11.8 Å². The van der Waals surface area contributed by atoms with Crippen molar-refractivity contribution >= 4 is 0 Å². The van der Waals surface area contributed by atoms with E-state index in [1.54, 1.807) is 0 Å². The number of hydrogen-bond acceptors (Lipinski definition) is 2. The van der Waals surface area contributed by atoms with Gasteiger partial charge in [-0.1, -0.05) is 6.42 Å². The molecule has 0 spiro atoms. The molecular formula is C13H19N3. The molecule has 3 heteroatoms. The lowest BCUT2D eigenvalue weighted by Gasteiger charge is -2.24. The molecule has 1 N–H and O–H groups in total. The highest BCUT2D eigenvalue weighted by molar-refractivity contribution is 5.07. The van der Waals surface area contributed by atoms with Gasteiger partial charge in [0.15, 0.2) is 0 Å². The zero-order valence-corrected chi connectivity index (χ0v) is 9.87. The maximum Gasteiger partial charge on any atom is 0.0948 e. The second kappa shape index (κ2) is 5.72. The first-order chi connectivity index (χ1) is 7.92. The minimum atomic E-state index is 0.492. The summed E-state index contributed by atoms with van der Waals surface area (Å²) in [6, 6.07) is 0.492. The molecule has 0 bridgehead atoms. The minimum Gasteiger partial charge on any atom is -0.332 e. The maximum absolute atomic E-state index is 4.25. The second-order valence-electron chi connectivity index (χ2n) is 4.19. The van der Waals surface area contributed by atoms with Crippen LogP contribution in [0.3, 0.4) is 0 Å². The third-order valence-corrected chi connectivity index (χ3v) is 3.07. The molecule has 0 aliphatic carbocycles. The number of nitrogens with one attached hydrogen (secondary N) is 1. The summed E-state index contributed by atoms with van der Waals surface area (Å²) in [7, 11) is 0. The predicted octanol–water partition coefficient (Wildman–Crippen LogP) is 2.11. The zero-order chi connectivity index (χ0) is 11.2. The van der Waals surface area contributed by atoms with Crippen molar-refractivity contribution < 1.29 is 0 Å². The molecule has 3 nitrogen and oxygen atoms in total. The molecule has 1 saturated heterocycles. The monoisotopic (exact) mass is 217 g/mol. The fourth-order valence-electron chi connectivity index (χ4n) is 2.21. The van der Waals surface area contributed by atoms with Crippen LogP contribution in [0, 0.1) is 11.8 Å². The van der Waals surface area contributed by atoms with Gasteiger partial charge in [0, 0.05) is 25.2 Å². The summed E-state index contributed by atoms with van der Waals surface area (Å²) in [5.74, 6) is 6.03. The minimum absolute atomic E-state index is 0.492. The molecule has 1 aliphatic rings. The van der Waals surface area contributed by atoms with Crippen LogP contribution in [0.1, 0.15) is 44.3 Å². The Hall–Kier alpha value is -1.27. The molecule has 1 aromatic rings. The summed E-state index contributed by atoms with van der Waals surface area (Å²) < 4.78 is 2.23. The number of imidazole rings is 1. The molecule has 86 valence electrons. The van der Waals surface area contributed by atoms with Gasteiger partial charge in [0.05, 0.1) is 12.0 Å². The molecule has 1 unspecified atom stereocenters. The number of rotatable bonds is 3. The number of hydrogen-bond donors (Lipinski definition) is 1. The van der Waals surface area contributed by atoms with Gasteiger partial charge >= 0.3 is 0 Å². The quantitative estimate of drug-likeness (QED) is 0.786. The van der Waals surface area contributed by atoms with Gasteiger partial charge in [-0.05, 0) is 26.3 Å². The van der Waals surface area contributed by atoms with E-state index < -0.39 is 0 Å². The van der Waals surface area contributed by atoms with Crippen LogP contribution >= 0.6 is 0 Å². The van der Waals surface area contributed by atoms with Gasteiger partial charge in [0.2, 0.25) is 0 Å². The van der Waals surface area contributed by atoms with E-state index >= 15 is 0 Å². The maximum atomic E-state index is 4.25. The van der Waals surface area contributed by atoms with Crippen molar-refractivity contribution in [3.05, 3.63) is 18.2 Å². The summed E-state index contributed by atoms with van der Waals surface area (Å²) in [6.45, 7) is 3.97. The SMILES string of the molecule is CC#CCCn1cncc1C1CCCCN1. The molecule has 1 atom stereocenters. The average molecular weight is 217 g/mol. The Morgan fingerprint density at radius 3 is 3.25 bits per heavy atom. The molecule has 2 heterocycles. The third kappa shape index (κ3) is 2.65. The van der Waals surface area contributed by atoms with Crippen LogP contribution in [-0.2, 0) is 6.54 Å². The average Bonchev–Trinajstić information content (AvgIpc) is 2.79. The molecule has 0 aromatic carbocycles. The van der Waals surface area contributed by atoms with Gasteiger partial charge < -0.3 is 9.88 Å². The van der Waals surface area contributed by atoms with Crippen LogP contribution in [0.4, 0.5) is 0 Å². The molecule has 1 fully saturated rings. The zero-order valence-electron chi connectivity index (χ0n) is 9.87. The van der Waals surface area contributed by atoms with Crippen molar-refractivity contribution in [1.29, 1.82) is 0 Å². The van der Waals surface area contributed by atoms with Crippen LogP contribution in [-0.4, -0.2) is 16.1 Å². The Balaban J connectivity index is 2.01. The number of piperidine rings is 1. The highest BCUT2D eigenvalue weighted by Gasteiger charge is 2.17. The van der Waals surface area contributed by atoms with Crippen molar-refractivity contribution in [2.24, 2.45) is 0 Å². The smallest absolute Gasteiger partial charge is 0.0948 e. The Labute approximate surface area is 97.3 Å². The van der Waals surface area contributed by atoms with E-state index in [0.717, 1.165) is 19.5 Å². The van der Waals surface area contributed by atoms with E-state index in [-0.39, 0.29) is 0 Å². The Kier molecular flexibility index (Phi) is 4.01. The van der Waals surface area contributed by atoms with Gasteiger partial charge in [0.1, 0.15) is 0 Å². The summed E-state index contributed by atoms with van der Waals surface area (Å²) >= 11 is 0. The van der Waals surface area contributed by atoms with E-state index in [2.05, 4.69) is 26.7 Å². The summed E-state index contributed by atoms with van der Waals surface area (Å²) in [5, 5.41) is 3.56. The molecule has 1 aliphatic heterocycles. The van der Waals surface area contributed by atoms with Crippen molar-refractivity contribution in [1.82, 2.24) is 14.9 Å². The van der Waals surface area contributed by atoms with Gasteiger partial charge in [-0.3, -0.25) is 0 Å².